The van der Waals surface area contributed by atoms with Crippen LogP contribution in [0.1, 0.15) is 25.8 Å². The van der Waals surface area contributed by atoms with Crippen molar-refractivity contribution in [3.8, 4) is 22.9 Å². The van der Waals surface area contributed by atoms with E-state index in [4.69, 9.17) is 4.74 Å². The molecule has 0 bridgehead atoms. The number of piperidine rings is 1. The number of alkyl halides is 1. The summed E-state index contributed by atoms with van der Waals surface area (Å²) in [6, 6.07) is 10.6. The van der Waals surface area contributed by atoms with Crippen molar-refractivity contribution in [1.82, 2.24) is 19.9 Å². The minimum absolute atomic E-state index is 0.0845. The zero-order valence-electron chi connectivity index (χ0n) is 24.3. The number of aromatic nitrogens is 3. The van der Waals surface area contributed by atoms with Crippen LogP contribution in [0.3, 0.4) is 0 Å². The Kier molecular flexibility index (Phi) is 8.81. The average molecular weight is 627 g/mol. The molecule has 1 fully saturated rings. The van der Waals surface area contributed by atoms with Gasteiger partial charge >= 0.3 is 6.09 Å². The van der Waals surface area contributed by atoms with E-state index in [2.05, 4.69) is 25.0 Å². The Labute approximate surface area is 253 Å². The van der Waals surface area contributed by atoms with Gasteiger partial charge in [0.05, 0.1) is 29.2 Å². The highest BCUT2D eigenvalue weighted by Gasteiger charge is 2.30. The first-order chi connectivity index (χ1) is 20.9. The van der Waals surface area contributed by atoms with E-state index in [0.29, 0.717) is 33.3 Å². The molecule has 0 aliphatic carbocycles. The summed E-state index contributed by atoms with van der Waals surface area (Å²) < 4.78 is 63.3. The van der Waals surface area contributed by atoms with Gasteiger partial charge in [0.1, 0.15) is 17.7 Å². The van der Waals surface area contributed by atoms with Crippen molar-refractivity contribution in [2.75, 3.05) is 28.9 Å². The van der Waals surface area contributed by atoms with Crippen LogP contribution in [-0.2, 0) is 10.0 Å². The van der Waals surface area contributed by atoms with Crippen molar-refractivity contribution in [3.05, 3.63) is 66.2 Å². The van der Waals surface area contributed by atoms with Gasteiger partial charge in [-0.2, -0.15) is 0 Å². The number of nitrogens with zero attached hydrogens (tertiary/aromatic N) is 4. The van der Waals surface area contributed by atoms with Crippen molar-refractivity contribution >= 4 is 38.5 Å². The fraction of sp³-hybridized carbons (Fsp3) is 0.333. The maximum Gasteiger partial charge on any atom is 0.407 e. The molecule has 11 nitrogen and oxygen atoms in total. The largest absolute Gasteiger partial charge is 0.465 e. The molecule has 5 rings (SSSR count). The fourth-order valence-corrected chi connectivity index (χ4v) is 6.64. The second-order valence-corrected chi connectivity index (χ2v) is 12.9. The summed E-state index contributed by atoms with van der Waals surface area (Å²) in [6.45, 7) is 5.23. The van der Waals surface area contributed by atoms with E-state index in [1.165, 1.54) is 24.5 Å². The van der Waals surface area contributed by atoms with E-state index in [0.717, 1.165) is 4.90 Å². The third kappa shape index (κ3) is 6.96. The van der Waals surface area contributed by atoms with Crippen LogP contribution >= 0.6 is 0 Å². The van der Waals surface area contributed by atoms with Crippen LogP contribution in [0.2, 0.25) is 0 Å². The van der Waals surface area contributed by atoms with Crippen LogP contribution in [0.15, 0.2) is 54.9 Å². The number of likely N-dealkylation sites (tertiary alicyclic amines) is 1. The number of aryl methyl sites for hydroxylation is 1. The van der Waals surface area contributed by atoms with E-state index < -0.39 is 34.1 Å². The van der Waals surface area contributed by atoms with E-state index in [1.807, 2.05) is 0 Å². The molecule has 2 atom stereocenters. The van der Waals surface area contributed by atoms with Gasteiger partial charge < -0.3 is 20.1 Å². The molecule has 1 aliphatic heterocycles. The number of rotatable bonds is 9. The number of pyridine rings is 1. The maximum atomic E-state index is 15.0. The first-order valence-electron chi connectivity index (χ1n) is 14.0. The van der Waals surface area contributed by atoms with Gasteiger partial charge in [0.15, 0.2) is 0 Å². The van der Waals surface area contributed by atoms with Gasteiger partial charge in [-0.3, -0.25) is 4.72 Å². The smallest absolute Gasteiger partial charge is 0.407 e. The third-order valence-electron chi connectivity index (χ3n) is 7.01. The lowest BCUT2D eigenvalue weighted by Crippen LogP contribution is -2.49. The molecule has 0 spiro atoms. The summed E-state index contributed by atoms with van der Waals surface area (Å²) >= 11 is 0. The molecule has 2 aromatic heterocycles. The Morgan fingerprint density at radius 3 is 2.64 bits per heavy atom. The van der Waals surface area contributed by atoms with Crippen molar-refractivity contribution in [2.24, 2.45) is 5.92 Å². The number of carbonyl (C=O) groups is 1. The summed E-state index contributed by atoms with van der Waals surface area (Å²) in [4.78, 5) is 25.6. The highest BCUT2D eigenvalue weighted by molar-refractivity contribution is 7.92. The number of nitrogens with one attached hydrogen (secondary N) is 2. The molecule has 14 heteroatoms. The minimum atomic E-state index is -3.81. The monoisotopic (exact) mass is 626 g/mol. The van der Waals surface area contributed by atoms with E-state index >= 15 is 0 Å². The summed E-state index contributed by atoms with van der Waals surface area (Å²) in [5, 5.41) is 13.1. The van der Waals surface area contributed by atoms with Crippen LogP contribution in [0.5, 0.6) is 11.6 Å². The molecule has 4 aromatic rings. The number of benzene rings is 2. The van der Waals surface area contributed by atoms with Gasteiger partial charge in [-0.1, -0.05) is 26.0 Å². The highest BCUT2D eigenvalue weighted by Crippen LogP contribution is 2.39. The predicted molar refractivity (Wildman–Crippen MR) is 163 cm³/mol. The zero-order valence-corrected chi connectivity index (χ0v) is 25.1. The average Bonchev–Trinajstić information content (AvgIpc) is 2.95. The number of amides is 1. The Hall–Kier alpha value is -4.59. The van der Waals surface area contributed by atoms with Gasteiger partial charge in [-0.05, 0) is 48.7 Å². The molecule has 1 saturated heterocycles. The number of anilines is 2. The third-order valence-corrected chi connectivity index (χ3v) is 8.63. The van der Waals surface area contributed by atoms with Gasteiger partial charge in [0, 0.05) is 42.2 Å². The second-order valence-electron chi connectivity index (χ2n) is 11.1. The van der Waals surface area contributed by atoms with Crippen molar-refractivity contribution in [1.29, 1.82) is 0 Å². The van der Waals surface area contributed by atoms with Gasteiger partial charge in [0.2, 0.25) is 21.9 Å². The predicted octanol–water partition coefficient (Wildman–Crippen LogP) is 5.83. The van der Waals surface area contributed by atoms with Gasteiger partial charge in [0.25, 0.3) is 0 Å². The summed E-state index contributed by atoms with van der Waals surface area (Å²) in [5.41, 5.74) is 1.45. The number of ether oxygens (including phenoxy) is 1. The van der Waals surface area contributed by atoms with E-state index in [9.17, 15) is 27.1 Å². The molecular formula is C30H32F2N6O5S. The van der Waals surface area contributed by atoms with Gasteiger partial charge in [-0.25, -0.2) is 36.9 Å². The summed E-state index contributed by atoms with van der Waals surface area (Å²) in [5.74, 6) is -0.339. The molecular weight excluding hydrogens is 594 g/mol. The zero-order chi connectivity index (χ0) is 31.6. The molecule has 3 heterocycles. The summed E-state index contributed by atoms with van der Waals surface area (Å²) in [6.07, 6.45) is 0.636. The quantitative estimate of drug-likeness (QED) is 0.209. The molecule has 232 valence electrons. The number of fused-ring (bicyclic) bond motifs is 1. The molecule has 2 aromatic carbocycles. The van der Waals surface area contributed by atoms with E-state index in [1.54, 1.807) is 51.1 Å². The first kappa shape index (κ1) is 30.9. The SMILES string of the molecule is Cc1ccc2c(NS(=O)(=O)CC(C)C)c(F)ccc2c1Oc1ncccc1-c1ccnc(N[C@@H]2C[C@@H](F)CN(C(=O)O)C2)n1. The van der Waals surface area contributed by atoms with Crippen LogP contribution in [-0.4, -0.2) is 70.5 Å². The molecule has 0 saturated carbocycles. The number of halogens is 2. The van der Waals surface area contributed by atoms with E-state index in [-0.39, 0.29) is 48.7 Å². The van der Waals surface area contributed by atoms with Crippen molar-refractivity contribution in [2.45, 2.75) is 39.4 Å². The molecule has 1 amide bonds. The Bertz CT molecular complexity index is 1810. The van der Waals surface area contributed by atoms with Crippen LogP contribution in [0, 0.1) is 18.7 Å². The fourth-order valence-electron chi connectivity index (χ4n) is 5.16. The van der Waals surface area contributed by atoms with Crippen molar-refractivity contribution in [3.63, 3.8) is 0 Å². The maximum absolute atomic E-state index is 15.0. The molecule has 0 radical (unpaired) electrons. The topological polar surface area (TPSA) is 147 Å². The standard InChI is InChI=1S/C30H32F2N6O5S/c1-17(2)16-44(41,42)37-26-21-7-6-18(3)27(22(21)8-9-24(26)32)43-28-23(5-4-11-33-28)25-10-12-34-29(36-25)35-20-13-19(31)14-38(15-20)30(39)40/h4-12,17,19-20,37H,13-16H2,1-3H3,(H,39,40)(H,34,35,36)/t19-,20-/m1/s1. The number of sulfonamides is 1. The van der Waals surface area contributed by atoms with Crippen LogP contribution < -0.4 is 14.8 Å². The van der Waals surface area contributed by atoms with Crippen LogP contribution in [0.4, 0.5) is 25.2 Å². The molecule has 0 unspecified atom stereocenters. The lowest BCUT2D eigenvalue weighted by Gasteiger charge is -2.33. The Balaban J connectivity index is 1.47. The highest BCUT2D eigenvalue weighted by atomic mass is 32.2. The first-order valence-corrected chi connectivity index (χ1v) is 15.6. The number of hydrogen-bond donors (Lipinski definition) is 3. The minimum Gasteiger partial charge on any atom is -0.465 e. The van der Waals surface area contributed by atoms with Crippen molar-refractivity contribution < 1.29 is 31.8 Å². The van der Waals surface area contributed by atoms with Gasteiger partial charge in [-0.15, -0.1) is 0 Å². The molecule has 1 aliphatic rings. The Morgan fingerprint density at radius 2 is 1.89 bits per heavy atom. The normalized spacial score (nSPS) is 17.1. The number of hydrogen-bond acceptors (Lipinski definition) is 8. The molecule has 3 N–H and O–H groups in total. The number of carboxylic acid groups (broad SMARTS) is 1. The lowest BCUT2D eigenvalue weighted by molar-refractivity contribution is 0.102. The molecule has 44 heavy (non-hydrogen) atoms. The summed E-state index contributed by atoms with van der Waals surface area (Å²) in [7, 11) is -3.81. The second kappa shape index (κ2) is 12.6. The van der Waals surface area contributed by atoms with Crippen LogP contribution in [0.25, 0.3) is 22.0 Å². The Morgan fingerprint density at radius 1 is 1.11 bits per heavy atom. The lowest BCUT2D eigenvalue weighted by atomic mass is 10.0.